The van der Waals surface area contributed by atoms with Gasteiger partial charge in [0.15, 0.2) is 17.3 Å². The third-order valence-corrected chi connectivity index (χ3v) is 5.06. The third-order valence-electron chi connectivity index (χ3n) is 5.06. The van der Waals surface area contributed by atoms with E-state index in [2.05, 4.69) is 26.5 Å². The maximum Gasteiger partial charge on any atom is 0.233 e. The maximum atomic E-state index is 12.6. The van der Waals surface area contributed by atoms with Gasteiger partial charge < -0.3 is 19.5 Å². The van der Waals surface area contributed by atoms with Gasteiger partial charge in [-0.1, -0.05) is 12.0 Å². The van der Waals surface area contributed by atoms with Gasteiger partial charge in [0.05, 0.1) is 19.9 Å². The fourth-order valence-corrected chi connectivity index (χ4v) is 3.67. The average Bonchev–Trinajstić information content (AvgIpc) is 3.13. The van der Waals surface area contributed by atoms with E-state index in [0.29, 0.717) is 29.0 Å². The van der Waals surface area contributed by atoms with Crippen molar-refractivity contribution < 1.29 is 19.0 Å². The number of terminal acetylenes is 1. The summed E-state index contributed by atoms with van der Waals surface area (Å²) in [5.74, 6) is 4.64. The Labute approximate surface area is 179 Å². The van der Waals surface area contributed by atoms with Crippen LogP contribution < -0.4 is 19.5 Å². The van der Waals surface area contributed by atoms with Crippen molar-refractivity contribution in [1.82, 2.24) is 20.0 Å². The van der Waals surface area contributed by atoms with Crippen LogP contribution in [-0.4, -0.2) is 46.7 Å². The first-order valence-corrected chi connectivity index (χ1v) is 9.57. The molecule has 31 heavy (non-hydrogen) atoms. The Bertz CT molecular complexity index is 1160. The molecule has 1 aliphatic rings. The molecule has 9 heteroatoms. The van der Waals surface area contributed by atoms with Gasteiger partial charge in [0.25, 0.3) is 0 Å². The Morgan fingerprint density at radius 1 is 1.19 bits per heavy atom. The lowest BCUT2D eigenvalue weighted by Gasteiger charge is -2.25. The molecule has 0 spiro atoms. The van der Waals surface area contributed by atoms with E-state index >= 15 is 0 Å². The van der Waals surface area contributed by atoms with Crippen LogP contribution in [0.4, 0.5) is 5.82 Å². The monoisotopic (exact) mass is 419 g/mol. The molecule has 0 unspecified atom stereocenters. The number of anilines is 1. The lowest BCUT2D eigenvalue weighted by Crippen LogP contribution is -2.25. The summed E-state index contributed by atoms with van der Waals surface area (Å²) in [5, 5.41) is 15.7. The average molecular weight is 419 g/mol. The van der Waals surface area contributed by atoms with Crippen LogP contribution in [0.1, 0.15) is 29.2 Å². The predicted molar refractivity (Wildman–Crippen MR) is 113 cm³/mol. The van der Waals surface area contributed by atoms with Gasteiger partial charge in [-0.2, -0.15) is 9.78 Å². The van der Waals surface area contributed by atoms with E-state index in [1.54, 1.807) is 30.0 Å². The second kappa shape index (κ2) is 8.36. The Morgan fingerprint density at radius 2 is 2.03 bits per heavy atom. The summed E-state index contributed by atoms with van der Waals surface area (Å²) in [6.45, 7) is 2.04. The van der Waals surface area contributed by atoms with Gasteiger partial charge in [-0.25, -0.2) is 0 Å². The summed E-state index contributed by atoms with van der Waals surface area (Å²) in [6, 6.07) is 8.99. The van der Waals surface area contributed by atoms with Crippen LogP contribution in [0.5, 0.6) is 17.4 Å². The molecule has 1 amide bonds. The van der Waals surface area contributed by atoms with Crippen molar-refractivity contribution in [3.63, 3.8) is 0 Å². The second-order valence-corrected chi connectivity index (χ2v) is 6.90. The quantitative estimate of drug-likeness (QED) is 0.613. The molecule has 3 heterocycles. The summed E-state index contributed by atoms with van der Waals surface area (Å²) in [7, 11) is 3.08. The van der Waals surface area contributed by atoms with Crippen LogP contribution in [-0.2, 0) is 4.79 Å². The van der Waals surface area contributed by atoms with Crippen LogP contribution >= 0.6 is 0 Å². The summed E-state index contributed by atoms with van der Waals surface area (Å²) in [4.78, 5) is 12.6. The first kappa shape index (κ1) is 20.2. The van der Waals surface area contributed by atoms with Gasteiger partial charge in [0.1, 0.15) is 12.4 Å². The molecule has 158 valence electrons. The zero-order valence-corrected chi connectivity index (χ0v) is 17.4. The topological polar surface area (TPSA) is 100 Å². The van der Waals surface area contributed by atoms with Gasteiger partial charge in [-0.15, -0.1) is 16.6 Å². The van der Waals surface area contributed by atoms with Crippen molar-refractivity contribution >= 4 is 11.7 Å². The summed E-state index contributed by atoms with van der Waals surface area (Å²) >= 11 is 0. The van der Waals surface area contributed by atoms with Crippen molar-refractivity contribution in [3.05, 3.63) is 47.2 Å². The zero-order chi connectivity index (χ0) is 22.0. The lowest BCUT2D eigenvalue weighted by atomic mass is 9.85. The first-order valence-electron chi connectivity index (χ1n) is 9.57. The van der Waals surface area contributed by atoms with E-state index in [9.17, 15) is 4.79 Å². The smallest absolute Gasteiger partial charge is 0.233 e. The van der Waals surface area contributed by atoms with E-state index < -0.39 is 0 Å². The zero-order valence-electron chi connectivity index (χ0n) is 17.4. The molecule has 0 bridgehead atoms. The molecular weight excluding hydrogens is 398 g/mol. The number of nitrogens with one attached hydrogen (secondary N) is 1. The van der Waals surface area contributed by atoms with Crippen LogP contribution in [0.15, 0.2) is 30.3 Å². The Balaban J connectivity index is 1.77. The van der Waals surface area contributed by atoms with E-state index in [4.69, 9.17) is 20.6 Å². The molecule has 1 aromatic carbocycles. The molecule has 0 radical (unpaired) electrons. The van der Waals surface area contributed by atoms with E-state index in [-0.39, 0.29) is 24.9 Å². The number of aryl methyl sites for hydroxylation is 1. The maximum absolute atomic E-state index is 12.6. The predicted octanol–water partition coefficient (Wildman–Crippen LogP) is 2.47. The molecule has 0 aliphatic carbocycles. The molecule has 4 rings (SSSR count). The van der Waals surface area contributed by atoms with Crippen molar-refractivity contribution in [2.24, 2.45) is 0 Å². The van der Waals surface area contributed by atoms with Crippen LogP contribution in [0.3, 0.4) is 0 Å². The number of benzene rings is 1. The lowest BCUT2D eigenvalue weighted by molar-refractivity contribution is -0.116. The first-order chi connectivity index (χ1) is 15.0. The molecule has 1 N–H and O–H groups in total. The number of aromatic nitrogens is 4. The van der Waals surface area contributed by atoms with Gasteiger partial charge in [0.2, 0.25) is 11.8 Å². The van der Waals surface area contributed by atoms with Gasteiger partial charge >= 0.3 is 0 Å². The second-order valence-electron chi connectivity index (χ2n) is 6.90. The number of fused-ring (bicyclic) bond motifs is 1. The molecule has 1 aliphatic heterocycles. The number of carbonyl (C=O) groups is 1. The molecule has 1 atom stereocenters. The molecule has 3 aromatic rings. The Morgan fingerprint density at radius 3 is 2.71 bits per heavy atom. The number of amides is 1. The van der Waals surface area contributed by atoms with Crippen molar-refractivity contribution in [2.75, 3.05) is 26.1 Å². The number of carbonyl (C=O) groups excluding carboxylic acids is 1. The number of rotatable bonds is 6. The van der Waals surface area contributed by atoms with E-state index in [1.165, 1.54) is 7.11 Å². The van der Waals surface area contributed by atoms with Gasteiger partial charge in [0, 0.05) is 24.0 Å². The van der Waals surface area contributed by atoms with Crippen molar-refractivity contribution in [1.29, 1.82) is 0 Å². The normalized spacial score (nSPS) is 14.9. The minimum Gasteiger partial charge on any atom is -0.493 e. The minimum absolute atomic E-state index is 0.119. The summed E-state index contributed by atoms with van der Waals surface area (Å²) < 4.78 is 17.7. The SMILES string of the molecule is C#CCOc1ccc([C@H]2CC(=O)Nc3c2c(C)nn3-c2ccc(OC)nn2)cc1OC. The molecular formula is C22H21N5O4. The molecule has 0 saturated heterocycles. The fourth-order valence-electron chi connectivity index (χ4n) is 3.67. The van der Waals surface area contributed by atoms with Crippen molar-refractivity contribution in [3.8, 4) is 35.5 Å². The summed E-state index contributed by atoms with van der Waals surface area (Å²) in [6.07, 6.45) is 5.56. The van der Waals surface area contributed by atoms with Gasteiger partial charge in [-0.3, -0.25) is 4.79 Å². The van der Waals surface area contributed by atoms with Crippen LogP contribution in [0, 0.1) is 19.3 Å². The Kier molecular flexibility index (Phi) is 5.45. The highest BCUT2D eigenvalue weighted by molar-refractivity contribution is 5.95. The number of ether oxygens (including phenoxy) is 3. The molecule has 9 nitrogen and oxygen atoms in total. The van der Waals surface area contributed by atoms with Crippen LogP contribution in [0.25, 0.3) is 5.82 Å². The standard InChI is InChI=1S/C22H21N5O4/c1-5-10-31-16-7-6-14(11-17(16)29-3)15-12-19(28)23-22-21(15)13(2)26-27(22)18-8-9-20(30-4)25-24-18/h1,6-9,11,15H,10,12H2,2-4H3,(H,23,28)/t15-/m1/s1. The molecule has 2 aromatic heterocycles. The number of hydrogen-bond acceptors (Lipinski definition) is 7. The fraction of sp³-hybridized carbons (Fsp3) is 0.273. The molecule has 0 fully saturated rings. The third kappa shape index (κ3) is 3.75. The van der Waals surface area contributed by atoms with Gasteiger partial charge in [-0.05, 0) is 30.7 Å². The highest BCUT2D eigenvalue weighted by Crippen LogP contribution is 2.42. The highest BCUT2D eigenvalue weighted by Gasteiger charge is 2.33. The number of hydrogen-bond donors (Lipinski definition) is 1. The number of nitrogens with zero attached hydrogens (tertiary/aromatic N) is 4. The van der Waals surface area contributed by atoms with E-state index in [1.807, 2.05) is 19.1 Å². The van der Waals surface area contributed by atoms with Crippen LogP contribution in [0.2, 0.25) is 0 Å². The minimum atomic E-state index is -0.209. The summed E-state index contributed by atoms with van der Waals surface area (Å²) in [5.41, 5.74) is 2.60. The Hall–Kier alpha value is -4.06. The largest absolute Gasteiger partial charge is 0.493 e. The van der Waals surface area contributed by atoms with Crippen molar-refractivity contribution in [2.45, 2.75) is 19.3 Å². The number of methoxy groups -OCH3 is 2. The highest BCUT2D eigenvalue weighted by atomic mass is 16.5. The molecule has 0 saturated carbocycles. The van der Waals surface area contributed by atoms with E-state index in [0.717, 1.165) is 16.8 Å².